The van der Waals surface area contributed by atoms with Crippen LogP contribution in [0.25, 0.3) is 0 Å². The van der Waals surface area contributed by atoms with E-state index in [-0.39, 0.29) is 6.42 Å². The number of aliphatic carboxylic acids is 1. The second-order valence-electron chi connectivity index (χ2n) is 4.36. The first kappa shape index (κ1) is 15.4. The summed E-state index contributed by atoms with van der Waals surface area (Å²) >= 11 is 0. The van der Waals surface area contributed by atoms with E-state index in [1.54, 1.807) is 6.92 Å². The number of hydrogen-bond donors (Lipinski definition) is 3. The first-order chi connectivity index (χ1) is 7.54. The van der Waals surface area contributed by atoms with Crippen LogP contribution in [-0.4, -0.2) is 33.5 Å². The van der Waals surface area contributed by atoms with Gasteiger partial charge in [0.15, 0.2) is 0 Å². The van der Waals surface area contributed by atoms with Crippen molar-refractivity contribution in [2.45, 2.75) is 70.5 Å². The molecule has 96 valence electrons. The monoisotopic (exact) mass is 232 g/mol. The van der Waals surface area contributed by atoms with E-state index in [4.69, 9.17) is 10.2 Å². The van der Waals surface area contributed by atoms with Gasteiger partial charge in [-0.1, -0.05) is 32.1 Å². The second kappa shape index (κ2) is 9.60. The van der Waals surface area contributed by atoms with E-state index < -0.39 is 18.2 Å². The summed E-state index contributed by atoms with van der Waals surface area (Å²) in [6.45, 7) is 1.59. The lowest BCUT2D eigenvalue weighted by molar-refractivity contribution is -0.137. The van der Waals surface area contributed by atoms with Crippen molar-refractivity contribution in [1.82, 2.24) is 0 Å². The summed E-state index contributed by atoms with van der Waals surface area (Å²) in [4.78, 5) is 10.2. The van der Waals surface area contributed by atoms with Gasteiger partial charge < -0.3 is 15.3 Å². The van der Waals surface area contributed by atoms with E-state index in [0.29, 0.717) is 6.42 Å². The average molecular weight is 232 g/mol. The highest BCUT2D eigenvalue weighted by Crippen LogP contribution is 2.11. The van der Waals surface area contributed by atoms with Gasteiger partial charge in [-0.15, -0.1) is 0 Å². The van der Waals surface area contributed by atoms with E-state index in [1.807, 2.05) is 0 Å². The number of carboxylic acid groups (broad SMARTS) is 1. The van der Waals surface area contributed by atoms with Gasteiger partial charge in [0.05, 0.1) is 12.2 Å². The van der Waals surface area contributed by atoms with Gasteiger partial charge in [0.1, 0.15) is 0 Å². The number of carboxylic acids is 1. The van der Waals surface area contributed by atoms with E-state index in [9.17, 15) is 9.90 Å². The lowest BCUT2D eigenvalue weighted by Crippen LogP contribution is -2.21. The molecule has 0 saturated heterocycles. The third-order valence-corrected chi connectivity index (χ3v) is 2.70. The zero-order valence-corrected chi connectivity index (χ0v) is 10.1. The highest BCUT2D eigenvalue weighted by atomic mass is 16.4. The molecule has 4 nitrogen and oxygen atoms in total. The van der Waals surface area contributed by atoms with Gasteiger partial charge in [0, 0.05) is 6.42 Å². The molecule has 0 radical (unpaired) electrons. The maximum Gasteiger partial charge on any atom is 0.303 e. The first-order valence-electron chi connectivity index (χ1n) is 6.12. The molecule has 2 unspecified atom stereocenters. The summed E-state index contributed by atoms with van der Waals surface area (Å²) in [7, 11) is 0. The zero-order valence-electron chi connectivity index (χ0n) is 10.1. The highest BCUT2D eigenvalue weighted by Gasteiger charge is 2.09. The van der Waals surface area contributed by atoms with Crippen LogP contribution in [0, 0.1) is 0 Å². The standard InChI is InChI=1S/C12H24O4/c1-10(13)11(14)8-6-4-2-3-5-7-9-12(15)16/h10-11,13-14H,2-9H2,1H3,(H,15,16). The minimum Gasteiger partial charge on any atom is -0.481 e. The van der Waals surface area contributed by atoms with Crippen LogP contribution in [-0.2, 0) is 4.79 Å². The van der Waals surface area contributed by atoms with Gasteiger partial charge in [-0.25, -0.2) is 0 Å². The molecule has 0 saturated carbocycles. The van der Waals surface area contributed by atoms with Gasteiger partial charge in [-0.3, -0.25) is 4.79 Å². The van der Waals surface area contributed by atoms with Crippen LogP contribution < -0.4 is 0 Å². The van der Waals surface area contributed by atoms with Gasteiger partial charge in [0.25, 0.3) is 0 Å². The fourth-order valence-electron chi connectivity index (χ4n) is 1.58. The Labute approximate surface area is 97.3 Å². The van der Waals surface area contributed by atoms with E-state index in [1.165, 1.54) is 0 Å². The molecule has 2 atom stereocenters. The molecular weight excluding hydrogens is 208 g/mol. The molecule has 4 heteroatoms. The van der Waals surface area contributed by atoms with Crippen molar-refractivity contribution in [2.24, 2.45) is 0 Å². The summed E-state index contributed by atoms with van der Waals surface area (Å²) in [6, 6.07) is 0. The van der Waals surface area contributed by atoms with Crippen molar-refractivity contribution < 1.29 is 20.1 Å². The van der Waals surface area contributed by atoms with Gasteiger partial charge in [-0.2, -0.15) is 0 Å². The second-order valence-corrected chi connectivity index (χ2v) is 4.36. The van der Waals surface area contributed by atoms with Crippen LogP contribution in [0.4, 0.5) is 0 Å². The smallest absolute Gasteiger partial charge is 0.303 e. The lowest BCUT2D eigenvalue weighted by Gasteiger charge is -2.12. The number of unbranched alkanes of at least 4 members (excludes halogenated alkanes) is 5. The van der Waals surface area contributed by atoms with E-state index in [2.05, 4.69) is 0 Å². The Morgan fingerprint density at radius 1 is 1.00 bits per heavy atom. The molecule has 3 N–H and O–H groups in total. The molecule has 0 aromatic heterocycles. The summed E-state index contributed by atoms with van der Waals surface area (Å²) in [5, 5.41) is 26.8. The van der Waals surface area contributed by atoms with Gasteiger partial charge in [0.2, 0.25) is 0 Å². The summed E-state index contributed by atoms with van der Waals surface area (Å²) in [6.07, 6.45) is 5.47. The van der Waals surface area contributed by atoms with Crippen molar-refractivity contribution in [2.75, 3.05) is 0 Å². The minimum atomic E-state index is -0.722. The Bertz CT molecular complexity index is 180. The molecule has 0 fully saturated rings. The first-order valence-corrected chi connectivity index (χ1v) is 6.12. The van der Waals surface area contributed by atoms with Crippen molar-refractivity contribution in [1.29, 1.82) is 0 Å². The molecule has 0 amide bonds. The maximum absolute atomic E-state index is 10.2. The minimum absolute atomic E-state index is 0.265. The molecule has 16 heavy (non-hydrogen) atoms. The average Bonchev–Trinajstić information content (AvgIpc) is 2.21. The number of aliphatic hydroxyl groups is 2. The van der Waals surface area contributed by atoms with E-state index in [0.717, 1.165) is 38.5 Å². The van der Waals surface area contributed by atoms with Crippen molar-refractivity contribution in [3.05, 3.63) is 0 Å². The number of rotatable bonds is 10. The van der Waals surface area contributed by atoms with Crippen molar-refractivity contribution in [3.8, 4) is 0 Å². The molecule has 0 rings (SSSR count). The summed E-state index contributed by atoms with van der Waals surface area (Å²) < 4.78 is 0. The van der Waals surface area contributed by atoms with Gasteiger partial charge >= 0.3 is 5.97 Å². The predicted molar refractivity (Wildman–Crippen MR) is 62.3 cm³/mol. The molecule has 0 bridgehead atoms. The molecule has 0 spiro atoms. The molecular formula is C12H24O4. The Kier molecular flexibility index (Phi) is 9.24. The molecule has 0 aliphatic heterocycles. The Hall–Kier alpha value is -0.610. The Balaban J connectivity index is 3.13. The topological polar surface area (TPSA) is 77.8 Å². The van der Waals surface area contributed by atoms with Crippen LogP contribution in [0.2, 0.25) is 0 Å². The SMILES string of the molecule is CC(O)C(O)CCCCCCCCC(=O)O. The largest absolute Gasteiger partial charge is 0.481 e. The van der Waals surface area contributed by atoms with Crippen LogP contribution in [0.1, 0.15) is 58.3 Å². The number of hydrogen-bond acceptors (Lipinski definition) is 3. The Morgan fingerprint density at radius 3 is 2.00 bits per heavy atom. The predicted octanol–water partition coefficient (Wildman–Crippen LogP) is 1.93. The van der Waals surface area contributed by atoms with Crippen LogP contribution in [0.3, 0.4) is 0 Å². The fraction of sp³-hybridized carbons (Fsp3) is 0.917. The van der Waals surface area contributed by atoms with Crippen molar-refractivity contribution in [3.63, 3.8) is 0 Å². The fourth-order valence-corrected chi connectivity index (χ4v) is 1.58. The summed E-state index contributed by atoms with van der Waals surface area (Å²) in [5.41, 5.74) is 0. The van der Waals surface area contributed by atoms with Crippen LogP contribution in [0.15, 0.2) is 0 Å². The Morgan fingerprint density at radius 2 is 1.50 bits per heavy atom. The highest BCUT2D eigenvalue weighted by molar-refractivity contribution is 5.66. The number of aliphatic hydroxyl groups excluding tert-OH is 2. The lowest BCUT2D eigenvalue weighted by atomic mass is 10.0. The zero-order chi connectivity index (χ0) is 12.4. The molecule has 0 heterocycles. The quantitative estimate of drug-likeness (QED) is 0.503. The third-order valence-electron chi connectivity index (χ3n) is 2.70. The maximum atomic E-state index is 10.2. The van der Waals surface area contributed by atoms with Crippen molar-refractivity contribution >= 4 is 5.97 Å². The molecule has 0 aromatic carbocycles. The van der Waals surface area contributed by atoms with Crippen LogP contribution in [0.5, 0.6) is 0 Å². The normalized spacial score (nSPS) is 14.7. The van der Waals surface area contributed by atoms with E-state index >= 15 is 0 Å². The number of carbonyl (C=O) groups is 1. The van der Waals surface area contributed by atoms with Gasteiger partial charge in [-0.05, 0) is 19.8 Å². The van der Waals surface area contributed by atoms with Crippen LogP contribution >= 0.6 is 0 Å². The summed E-state index contributed by atoms with van der Waals surface area (Å²) in [5.74, 6) is -0.722. The molecule has 0 aliphatic rings. The third kappa shape index (κ3) is 9.93. The molecule has 0 aliphatic carbocycles. The molecule has 0 aromatic rings.